The van der Waals surface area contributed by atoms with Gasteiger partial charge in [0.2, 0.25) is 11.8 Å². The molecular formula is C13H22N2O4. The first-order chi connectivity index (χ1) is 9.03. The van der Waals surface area contributed by atoms with Crippen molar-refractivity contribution in [1.82, 2.24) is 10.2 Å². The maximum Gasteiger partial charge on any atom is 0.246 e. The fourth-order valence-corrected chi connectivity index (χ4v) is 1.96. The highest BCUT2D eigenvalue weighted by Crippen LogP contribution is 2.21. The van der Waals surface area contributed by atoms with Gasteiger partial charge in [0.25, 0.3) is 0 Å². The van der Waals surface area contributed by atoms with Crippen molar-refractivity contribution in [2.24, 2.45) is 0 Å². The number of nitrogens with one attached hydrogen (secondary N) is 1. The van der Waals surface area contributed by atoms with E-state index in [9.17, 15) is 9.59 Å². The van der Waals surface area contributed by atoms with E-state index in [0.29, 0.717) is 13.2 Å². The molecule has 19 heavy (non-hydrogen) atoms. The molecule has 0 bridgehead atoms. The number of hydrogen-bond donors (Lipinski definition) is 1. The van der Waals surface area contributed by atoms with E-state index in [4.69, 9.17) is 9.47 Å². The van der Waals surface area contributed by atoms with Crippen molar-refractivity contribution in [1.29, 1.82) is 0 Å². The van der Waals surface area contributed by atoms with E-state index >= 15 is 0 Å². The number of carbonyl (C=O) groups excluding carboxylic acids is 2. The zero-order valence-corrected chi connectivity index (χ0v) is 11.6. The molecule has 1 aliphatic rings. The quantitative estimate of drug-likeness (QED) is 0.687. The van der Waals surface area contributed by atoms with Crippen LogP contribution in [0.4, 0.5) is 0 Å². The van der Waals surface area contributed by atoms with Crippen molar-refractivity contribution >= 4 is 11.8 Å². The van der Waals surface area contributed by atoms with Crippen LogP contribution in [-0.2, 0) is 19.1 Å². The van der Waals surface area contributed by atoms with Crippen molar-refractivity contribution in [3.8, 4) is 0 Å². The Kier molecular flexibility index (Phi) is 5.98. The summed E-state index contributed by atoms with van der Waals surface area (Å²) in [5.74, 6) is -0.502. The number of carbonyl (C=O) groups is 2. The Hall–Kier alpha value is -1.40. The molecule has 0 aromatic carbocycles. The largest absolute Gasteiger partial charge is 0.378 e. The van der Waals surface area contributed by atoms with Crippen molar-refractivity contribution in [3.63, 3.8) is 0 Å². The number of amides is 2. The fourth-order valence-electron chi connectivity index (χ4n) is 1.96. The van der Waals surface area contributed by atoms with Crippen molar-refractivity contribution in [2.75, 3.05) is 40.5 Å². The lowest BCUT2D eigenvalue weighted by atomic mass is 9.96. The standard InChI is InChI=1S/C13H22N2O4/c1-4-12(17)15(2)8-11(16)14-9-13(18-3)6-5-7-19-10-13/h4H,1,5-10H2,2-3H3,(H,14,16). The zero-order chi connectivity index (χ0) is 14.3. The van der Waals surface area contributed by atoms with Gasteiger partial charge in [0.15, 0.2) is 0 Å². The summed E-state index contributed by atoms with van der Waals surface area (Å²) in [5, 5.41) is 2.78. The van der Waals surface area contributed by atoms with Gasteiger partial charge < -0.3 is 19.7 Å². The first-order valence-corrected chi connectivity index (χ1v) is 6.30. The molecular weight excluding hydrogens is 248 g/mol. The Morgan fingerprint density at radius 2 is 2.32 bits per heavy atom. The van der Waals surface area contributed by atoms with Crippen LogP contribution < -0.4 is 5.32 Å². The van der Waals surface area contributed by atoms with Crippen molar-refractivity contribution < 1.29 is 19.1 Å². The second-order valence-electron chi connectivity index (χ2n) is 4.72. The molecule has 2 amide bonds. The minimum absolute atomic E-state index is 0.00546. The van der Waals surface area contributed by atoms with E-state index in [1.54, 1.807) is 14.2 Å². The van der Waals surface area contributed by atoms with E-state index in [1.165, 1.54) is 11.0 Å². The van der Waals surface area contributed by atoms with Gasteiger partial charge in [-0.25, -0.2) is 0 Å². The average Bonchev–Trinajstić information content (AvgIpc) is 2.45. The van der Waals surface area contributed by atoms with E-state index < -0.39 is 5.60 Å². The summed E-state index contributed by atoms with van der Waals surface area (Å²) in [4.78, 5) is 24.3. The van der Waals surface area contributed by atoms with Crippen LogP contribution in [0, 0.1) is 0 Å². The Morgan fingerprint density at radius 1 is 1.58 bits per heavy atom. The van der Waals surface area contributed by atoms with Gasteiger partial charge in [-0.1, -0.05) is 6.58 Å². The molecule has 1 rings (SSSR count). The van der Waals surface area contributed by atoms with E-state index in [1.807, 2.05) is 0 Å². The maximum absolute atomic E-state index is 11.7. The second kappa shape index (κ2) is 7.25. The monoisotopic (exact) mass is 270 g/mol. The van der Waals surface area contributed by atoms with E-state index in [2.05, 4.69) is 11.9 Å². The van der Waals surface area contributed by atoms with E-state index in [0.717, 1.165) is 19.4 Å². The first kappa shape index (κ1) is 15.7. The molecule has 0 aromatic rings. The van der Waals surface area contributed by atoms with Crippen LogP contribution in [0.15, 0.2) is 12.7 Å². The summed E-state index contributed by atoms with van der Waals surface area (Å²) in [5.41, 5.74) is -0.449. The third-order valence-electron chi connectivity index (χ3n) is 3.26. The van der Waals surface area contributed by atoms with E-state index in [-0.39, 0.29) is 18.4 Å². The van der Waals surface area contributed by atoms with Crippen molar-refractivity contribution in [3.05, 3.63) is 12.7 Å². The highest BCUT2D eigenvalue weighted by atomic mass is 16.5. The first-order valence-electron chi connectivity index (χ1n) is 6.30. The van der Waals surface area contributed by atoms with Crippen LogP contribution in [0.25, 0.3) is 0 Å². The highest BCUT2D eigenvalue weighted by Gasteiger charge is 2.33. The molecule has 1 unspecified atom stereocenters. The summed E-state index contributed by atoms with van der Waals surface area (Å²) in [6.07, 6.45) is 2.95. The lowest BCUT2D eigenvalue weighted by Gasteiger charge is -2.35. The van der Waals surface area contributed by atoms with Crippen LogP contribution in [0.2, 0.25) is 0 Å². The minimum atomic E-state index is -0.449. The predicted molar refractivity (Wildman–Crippen MR) is 70.6 cm³/mol. The molecule has 1 fully saturated rings. The van der Waals surface area contributed by atoms with Crippen molar-refractivity contribution in [2.45, 2.75) is 18.4 Å². The summed E-state index contributed by atoms with van der Waals surface area (Å²) < 4.78 is 10.9. The molecule has 108 valence electrons. The highest BCUT2D eigenvalue weighted by molar-refractivity contribution is 5.90. The number of rotatable bonds is 6. The molecule has 0 aromatic heterocycles. The molecule has 1 heterocycles. The average molecular weight is 270 g/mol. The third kappa shape index (κ3) is 4.65. The van der Waals surface area contributed by atoms with Crippen LogP contribution in [-0.4, -0.2) is 62.8 Å². The van der Waals surface area contributed by atoms with Gasteiger partial charge in [-0.2, -0.15) is 0 Å². The van der Waals surface area contributed by atoms with Crippen LogP contribution in [0.5, 0.6) is 0 Å². The molecule has 1 saturated heterocycles. The lowest BCUT2D eigenvalue weighted by Crippen LogP contribution is -2.51. The lowest BCUT2D eigenvalue weighted by molar-refractivity contribution is -0.134. The zero-order valence-electron chi connectivity index (χ0n) is 11.6. The Balaban J connectivity index is 2.40. The third-order valence-corrected chi connectivity index (χ3v) is 3.26. The molecule has 0 saturated carbocycles. The van der Waals surface area contributed by atoms with Gasteiger partial charge in [-0.05, 0) is 18.9 Å². The molecule has 1 atom stereocenters. The smallest absolute Gasteiger partial charge is 0.246 e. The van der Waals surface area contributed by atoms with Gasteiger partial charge in [0.05, 0.1) is 13.2 Å². The van der Waals surface area contributed by atoms with Crippen LogP contribution in [0.1, 0.15) is 12.8 Å². The van der Waals surface area contributed by atoms with Gasteiger partial charge in [0, 0.05) is 27.3 Å². The van der Waals surface area contributed by atoms with Crippen LogP contribution in [0.3, 0.4) is 0 Å². The Morgan fingerprint density at radius 3 is 2.84 bits per heavy atom. The Labute approximate surface area is 113 Å². The molecule has 6 nitrogen and oxygen atoms in total. The molecule has 0 aliphatic carbocycles. The second-order valence-corrected chi connectivity index (χ2v) is 4.72. The predicted octanol–water partition coefficient (Wildman–Crippen LogP) is -0.0574. The Bertz CT molecular complexity index is 338. The minimum Gasteiger partial charge on any atom is -0.378 e. The number of ether oxygens (including phenoxy) is 2. The summed E-state index contributed by atoms with van der Waals surface area (Å²) >= 11 is 0. The normalized spacial score (nSPS) is 22.6. The maximum atomic E-state index is 11.7. The topological polar surface area (TPSA) is 67.9 Å². The molecule has 6 heteroatoms. The number of nitrogens with zero attached hydrogens (tertiary/aromatic N) is 1. The number of methoxy groups -OCH3 is 1. The fraction of sp³-hybridized carbons (Fsp3) is 0.692. The van der Waals surface area contributed by atoms with Gasteiger partial charge in [0.1, 0.15) is 5.60 Å². The molecule has 1 N–H and O–H groups in total. The molecule has 0 spiro atoms. The SMILES string of the molecule is C=CC(=O)N(C)CC(=O)NCC1(OC)CCCOC1. The van der Waals surface area contributed by atoms with Crippen LogP contribution >= 0.6 is 0 Å². The number of hydrogen-bond acceptors (Lipinski definition) is 4. The summed E-state index contributed by atoms with van der Waals surface area (Å²) in [7, 11) is 3.17. The molecule has 1 aliphatic heterocycles. The summed E-state index contributed by atoms with van der Waals surface area (Å²) in [6, 6.07) is 0. The summed E-state index contributed by atoms with van der Waals surface area (Å²) in [6.45, 7) is 4.98. The molecule has 0 radical (unpaired) electrons. The van der Waals surface area contributed by atoms with Gasteiger partial charge in [-0.3, -0.25) is 9.59 Å². The van der Waals surface area contributed by atoms with Gasteiger partial charge >= 0.3 is 0 Å². The number of likely N-dealkylation sites (N-methyl/N-ethyl adjacent to an activating group) is 1. The van der Waals surface area contributed by atoms with Gasteiger partial charge in [-0.15, -0.1) is 0 Å².